The molecule has 17 heavy (non-hydrogen) atoms. The van der Waals surface area contributed by atoms with E-state index in [2.05, 4.69) is 24.9 Å². The Morgan fingerprint density at radius 1 is 0.882 bits per heavy atom. The normalized spacial score (nSPS) is 13.6. The minimum Gasteiger partial charge on any atom is -0.452 e. The zero-order chi connectivity index (χ0) is 12.0. The fraction of sp³-hybridized carbons (Fsp3) is 0.417. The minimum absolute atomic E-state index is 1.25. The summed E-state index contributed by atoms with van der Waals surface area (Å²) in [6, 6.07) is 3.65. The van der Waals surface area contributed by atoms with Crippen molar-refractivity contribution in [1.82, 2.24) is 20.5 Å². The highest BCUT2D eigenvalue weighted by Gasteiger charge is 1.93. The first-order chi connectivity index (χ1) is 8.50. The smallest absolute Gasteiger partial charge is 0.180 e. The molecule has 0 saturated carbocycles. The monoisotopic (exact) mass is 234 g/mol. The first-order valence-corrected chi connectivity index (χ1v) is 5.74. The summed E-state index contributed by atoms with van der Waals surface area (Å²) in [6.45, 7) is 2.50. The van der Waals surface area contributed by atoms with E-state index in [1.165, 1.54) is 45.0 Å². The van der Waals surface area contributed by atoms with Crippen LogP contribution in [0.5, 0.6) is 0 Å². The second-order valence-corrected chi connectivity index (χ2v) is 3.40. The summed E-state index contributed by atoms with van der Waals surface area (Å²) in [5, 5.41) is 10.4. The third-order valence-corrected chi connectivity index (χ3v) is 2.04. The quantitative estimate of drug-likeness (QED) is 0.754. The van der Waals surface area contributed by atoms with Crippen molar-refractivity contribution in [1.29, 1.82) is 0 Å². The van der Waals surface area contributed by atoms with Crippen LogP contribution in [0.15, 0.2) is 47.8 Å². The molecule has 0 aromatic carbocycles. The Balaban J connectivity index is 0.000000128. The number of hydrogen-bond acceptors (Lipinski definition) is 5. The lowest BCUT2D eigenvalue weighted by Crippen LogP contribution is -2.21. The van der Waals surface area contributed by atoms with Crippen molar-refractivity contribution in [3.05, 3.63) is 43.4 Å². The van der Waals surface area contributed by atoms with E-state index in [9.17, 15) is 0 Å². The van der Waals surface area contributed by atoms with Crippen LogP contribution in [0, 0.1) is 0 Å². The second-order valence-electron chi connectivity index (χ2n) is 3.40. The Kier molecular flexibility index (Phi) is 8.43. The Morgan fingerprint density at radius 3 is 1.76 bits per heavy atom. The molecule has 5 heteroatoms. The van der Waals surface area contributed by atoms with E-state index in [1.54, 1.807) is 18.6 Å². The molecule has 0 aliphatic carbocycles. The molecule has 3 heterocycles. The van der Waals surface area contributed by atoms with E-state index in [-0.39, 0.29) is 0 Å². The maximum atomic E-state index is 4.47. The summed E-state index contributed by atoms with van der Waals surface area (Å²) in [4.78, 5) is 3.56. The number of piperidine rings is 1. The van der Waals surface area contributed by atoms with Crippen molar-refractivity contribution in [3.8, 4) is 0 Å². The zero-order valence-corrected chi connectivity index (χ0v) is 9.83. The molecule has 0 radical (unpaired) electrons. The Hall–Kier alpha value is -1.75. The van der Waals surface area contributed by atoms with Crippen LogP contribution in [-0.4, -0.2) is 28.3 Å². The van der Waals surface area contributed by atoms with Crippen LogP contribution >= 0.6 is 0 Å². The lowest BCUT2D eigenvalue weighted by molar-refractivity contribution is 0.520. The van der Waals surface area contributed by atoms with Gasteiger partial charge in [-0.25, -0.2) is 4.98 Å². The van der Waals surface area contributed by atoms with Crippen LogP contribution in [0.3, 0.4) is 0 Å². The molecule has 0 bridgehead atoms. The van der Waals surface area contributed by atoms with Crippen LogP contribution in [0.25, 0.3) is 0 Å². The summed E-state index contributed by atoms with van der Waals surface area (Å²) in [6.07, 6.45) is 12.0. The highest BCUT2D eigenvalue weighted by Crippen LogP contribution is 1.96. The molecule has 0 unspecified atom stereocenters. The summed E-state index contributed by atoms with van der Waals surface area (Å²) >= 11 is 0. The summed E-state index contributed by atoms with van der Waals surface area (Å²) in [5.41, 5.74) is 0. The van der Waals surface area contributed by atoms with Gasteiger partial charge in [-0.15, -0.1) is 0 Å². The highest BCUT2D eigenvalue weighted by molar-refractivity contribution is 4.79. The van der Waals surface area contributed by atoms with Crippen molar-refractivity contribution in [2.45, 2.75) is 19.3 Å². The largest absolute Gasteiger partial charge is 0.452 e. The Labute approximate surface area is 101 Å². The lowest BCUT2D eigenvalue weighted by atomic mass is 10.2. The predicted octanol–water partition coefficient (Wildman–Crippen LogP) is 1.91. The van der Waals surface area contributed by atoms with Gasteiger partial charge in [-0.05, 0) is 38.1 Å². The molecular weight excluding hydrogens is 216 g/mol. The van der Waals surface area contributed by atoms with Crippen LogP contribution in [0.1, 0.15) is 19.3 Å². The van der Waals surface area contributed by atoms with Gasteiger partial charge in [-0.2, -0.15) is 10.2 Å². The molecule has 1 saturated heterocycles. The molecular formula is C12H18N4O. The fourth-order valence-corrected chi connectivity index (χ4v) is 1.23. The topological polar surface area (TPSA) is 63.8 Å². The van der Waals surface area contributed by atoms with Gasteiger partial charge in [0.25, 0.3) is 0 Å². The number of rotatable bonds is 0. The van der Waals surface area contributed by atoms with Crippen molar-refractivity contribution in [3.63, 3.8) is 0 Å². The van der Waals surface area contributed by atoms with Crippen LogP contribution < -0.4 is 5.32 Å². The Bertz CT molecular complexity index is 266. The third kappa shape index (κ3) is 9.19. The van der Waals surface area contributed by atoms with E-state index < -0.39 is 0 Å². The van der Waals surface area contributed by atoms with Gasteiger partial charge in [0.15, 0.2) is 6.39 Å². The Morgan fingerprint density at radius 2 is 1.59 bits per heavy atom. The van der Waals surface area contributed by atoms with E-state index >= 15 is 0 Å². The maximum Gasteiger partial charge on any atom is 0.180 e. The van der Waals surface area contributed by atoms with E-state index in [1.807, 2.05) is 12.1 Å². The standard InChI is InChI=1S/C5H11N.C4H4N2.C3H3NO/c2*1-2-4-6-5-3-1;1-2-5-3-4-1/h6H,1-5H2;1-4H;1-3H. The number of nitrogens with one attached hydrogen (secondary N) is 1. The molecule has 0 atom stereocenters. The molecule has 92 valence electrons. The van der Waals surface area contributed by atoms with E-state index in [0.29, 0.717) is 0 Å². The molecule has 1 fully saturated rings. The number of oxazole rings is 1. The van der Waals surface area contributed by atoms with Crippen LogP contribution in [0.2, 0.25) is 0 Å². The SMILES string of the molecule is C1CCNCC1.c1ccnnc1.c1cocn1. The predicted molar refractivity (Wildman–Crippen MR) is 65.3 cm³/mol. The summed E-state index contributed by atoms with van der Waals surface area (Å²) in [7, 11) is 0. The average Bonchev–Trinajstić information content (AvgIpc) is 3.03. The molecule has 1 N–H and O–H groups in total. The van der Waals surface area contributed by atoms with Gasteiger partial charge in [0.1, 0.15) is 6.26 Å². The first kappa shape index (κ1) is 13.3. The van der Waals surface area contributed by atoms with Crippen molar-refractivity contribution >= 4 is 0 Å². The zero-order valence-electron chi connectivity index (χ0n) is 9.83. The molecule has 5 nitrogen and oxygen atoms in total. The van der Waals surface area contributed by atoms with Gasteiger partial charge in [0, 0.05) is 12.4 Å². The average molecular weight is 234 g/mol. The van der Waals surface area contributed by atoms with E-state index in [4.69, 9.17) is 0 Å². The molecule has 2 aromatic rings. The second kappa shape index (κ2) is 10.8. The van der Waals surface area contributed by atoms with E-state index in [0.717, 1.165) is 0 Å². The van der Waals surface area contributed by atoms with Crippen LogP contribution in [-0.2, 0) is 0 Å². The summed E-state index contributed by atoms with van der Waals surface area (Å²) in [5.74, 6) is 0. The fourth-order valence-electron chi connectivity index (χ4n) is 1.23. The number of hydrogen-bond donors (Lipinski definition) is 1. The van der Waals surface area contributed by atoms with Crippen molar-refractivity contribution in [2.24, 2.45) is 0 Å². The van der Waals surface area contributed by atoms with Crippen LogP contribution in [0.4, 0.5) is 0 Å². The molecule has 1 aliphatic heterocycles. The van der Waals surface area contributed by atoms with Crippen molar-refractivity contribution < 1.29 is 4.42 Å². The number of aromatic nitrogens is 3. The molecule has 0 amide bonds. The van der Waals surface area contributed by atoms with Gasteiger partial charge in [-0.1, -0.05) is 6.42 Å². The third-order valence-electron chi connectivity index (χ3n) is 2.04. The number of nitrogens with zero attached hydrogens (tertiary/aromatic N) is 3. The minimum atomic E-state index is 1.25. The lowest BCUT2D eigenvalue weighted by Gasteiger charge is -2.08. The highest BCUT2D eigenvalue weighted by atomic mass is 16.3. The molecule has 0 spiro atoms. The summed E-state index contributed by atoms with van der Waals surface area (Å²) < 4.78 is 4.47. The molecule has 3 rings (SSSR count). The van der Waals surface area contributed by atoms with Gasteiger partial charge in [0.05, 0.1) is 6.20 Å². The van der Waals surface area contributed by atoms with Gasteiger partial charge in [-0.3, -0.25) is 0 Å². The maximum absolute atomic E-state index is 4.47. The van der Waals surface area contributed by atoms with Gasteiger partial charge < -0.3 is 9.73 Å². The molecule has 1 aliphatic rings. The van der Waals surface area contributed by atoms with Gasteiger partial charge in [0.2, 0.25) is 0 Å². The van der Waals surface area contributed by atoms with Crippen molar-refractivity contribution in [2.75, 3.05) is 13.1 Å². The first-order valence-electron chi connectivity index (χ1n) is 5.74. The van der Waals surface area contributed by atoms with Gasteiger partial charge >= 0.3 is 0 Å². The molecule has 2 aromatic heterocycles.